The van der Waals surface area contributed by atoms with Gasteiger partial charge in [-0.3, -0.25) is 20.4 Å². The quantitative estimate of drug-likeness (QED) is 0.553. The van der Waals surface area contributed by atoms with Crippen molar-refractivity contribution in [2.75, 3.05) is 13.2 Å². The average molecular weight is 397 g/mol. The van der Waals surface area contributed by atoms with E-state index in [0.717, 1.165) is 19.3 Å². The Bertz CT molecular complexity index is 806. The summed E-state index contributed by atoms with van der Waals surface area (Å²) in [6, 6.07) is 5.33. The topological polar surface area (TPSA) is 122 Å². The van der Waals surface area contributed by atoms with Crippen molar-refractivity contribution in [2.24, 2.45) is 0 Å². The van der Waals surface area contributed by atoms with E-state index in [0.29, 0.717) is 6.54 Å². The lowest BCUT2D eigenvalue weighted by Crippen LogP contribution is -2.42. The molecule has 1 aromatic carbocycles. The van der Waals surface area contributed by atoms with E-state index >= 15 is 0 Å². The van der Waals surface area contributed by atoms with Gasteiger partial charge in [-0.1, -0.05) is 6.42 Å². The summed E-state index contributed by atoms with van der Waals surface area (Å²) in [5, 5.41) is 0. The number of hydrogen-bond donors (Lipinski definition) is 2. The first-order valence-corrected chi connectivity index (χ1v) is 10.0. The number of esters is 1. The molecule has 1 atom stereocenters. The molecule has 0 aliphatic carbocycles. The van der Waals surface area contributed by atoms with Gasteiger partial charge >= 0.3 is 5.97 Å². The Labute approximate surface area is 158 Å². The van der Waals surface area contributed by atoms with Gasteiger partial charge in [0.05, 0.1) is 10.5 Å². The third kappa shape index (κ3) is 5.51. The van der Waals surface area contributed by atoms with E-state index in [-0.39, 0.29) is 16.5 Å². The summed E-state index contributed by atoms with van der Waals surface area (Å²) in [5.74, 6) is -1.94. The Morgan fingerprint density at radius 1 is 1.15 bits per heavy atom. The van der Waals surface area contributed by atoms with Crippen LogP contribution in [0.25, 0.3) is 0 Å². The first kappa shape index (κ1) is 20.8. The maximum atomic E-state index is 12.7. The third-order valence-electron chi connectivity index (χ3n) is 4.15. The van der Waals surface area contributed by atoms with Crippen LogP contribution in [0.2, 0.25) is 0 Å². The highest BCUT2D eigenvalue weighted by molar-refractivity contribution is 7.89. The molecule has 1 saturated heterocycles. The molecule has 2 amide bonds. The van der Waals surface area contributed by atoms with Crippen LogP contribution in [0.1, 0.15) is 43.5 Å². The number of sulfonamides is 1. The minimum atomic E-state index is -3.62. The molecule has 1 aromatic rings. The van der Waals surface area contributed by atoms with Gasteiger partial charge in [-0.15, -0.1) is 0 Å². The van der Waals surface area contributed by atoms with Crippen molar-refractivity contribution in [1.29, 1.82) is 0 Å². The number of ether oxygens (including phenoxy) is 1. The number of amides is 2. The van der Waals surface area contributed by atoms with Crippen molar-refractivity contribution in [3.8, 4) is 0 Å². The molecule has 1 aliphatic heterocycles. The molecule has 1 fully saturated rings. The van der Waals surface area contributed by atoms with Crippen LogP contribution in [-0.2, 0) is 24.3 Å². The second-order valence-corrected chi connectivity index (χ2v) is 8.18. The molecule has 10 heteroatoms. The van der Waals surface area contributed by atoms with Crippen LogP contribution in [0.3, 0.4) is 0 Å². The Kier molecular flexibility index (Phi) is 6.92. The van der Waals surface area contributed by atoms with Crippen molar-refractivity contribution in [3.63, 3.8) is 0 Å². The maximum Gasteiger partial charge on any atom is 0.338 e. The van der Waals surface area contributed by atoms with Crippen LogP contribution < -0.4 is 10.9 Å². The zero-order chi connectivity index (χ0) is 20.0. The van der Waals surface area contributed by atoms with Crippen molar-refractivity contribution in [3.05, 3.63) is 29.8 Å². The van der Waals surface area contributed by atoms with Gasteiger partial charge in [0, 0.05) is 19.5 Å². The van der Waals surface area contributed by atoms with Gasteiger partial charge in [-0.25, -0.2) is 13.2 Å². The monoisotopic (exact) mass is 397 g/mol. The summed E-state index contributed by atoms with van der Waals surface area (Å²) >= 11 is 0. The van der Waals surface area contributed by atoms with E-state index in [1.165, 1.54) is 35.5 Å². The second kappa shape index (κ2) is 8.96. The van der Waals surface area contributed by atoms with Gasteiger partial charge in [-0.2, -0.15) is 4.31 Å². The van der Waals surface area contributed by atoms with Crippen LogP contribution >= 0.6 is 0 Å². The smallest absolute Gasteiger partial charge is 0.338 e. The van der Waals surface area contributed by atoms with E-state index in [4.69, 9.17) is 4.74 Å². The highest BCUT2D eigenvalue weighted by Crippen LogP contribution is 2.25. The lowest BCUT2D eigenvalue weighted by atomic mass is 10.1. The van der Waals surface area contributed by atoms with Gasteiger partial charge in [0.15, 0.2) is 6.61 Å². The van der Waals surface area contributed by atoms with Crippen molar-refractivity contribution < 1.29 is 27.5 Å². The largest absolute Gasteiger partial charge is 0.452 e. The minimum absolute atomic E-state index is 0.0597. The zero-order valence-electron chi connectivity index (χ0n) is 15.2. The lowest BCUT2D eigenvalue weighted by Gasteiger charge is -2.32. The minimum Gasteiger partial charge on any atom is -0.452 e. The highest BCUT2D eigenvalue weighted by Gasteiger charge is 2.30. The number of nitrogens with zero attached hydrogens (tertiary/aromatic N) is 1. The molecule has 9 nitrogen and oxygen atoms in total. The number of carbonyl (C=O) groups is 3. The van der Waals surface area contributed by atoms with Crippen LogP contribution in [0, 0.1) is 0 Å². The van der Waals surface area contributed by atoms with Gasteiger partial charge in [0.1, 0.15) is 0 Å². The van der Waals surface area contributed by atoms with Crippen LogP contribution in [0.15, 0.2) is 29.2 Å². The number of hydrazine groups is 1. The Hall–Kier alpha value is -2.46. The molecule has 0 unspecified atom stereocenters. The van der Waals surface area contributed by atoms with E-state index < -0.39 is 34.4 Å². The molecule has 148 valence electrons. The summed E-state index contributed by atoms with van der Waals surface area (Å²) in [7, 11) is -3.62. The van der Waals surface area contributed by atoms with E-state index in [9.17, 15) is 22.8 Å². The lowest BCUT2D eigenvalue weighted by molar-refractivity contribution is -0.129. The fraction of sp³-hybridized carbons (Fsp3) is 0.471. The summed E-state index contributed by atoms with van der Waals surface area (Å²) in [4.78, 5) is 34.1. The number of benzene rings is 1. The first-order chi connectivity index (χ1) is 12.7. The molecule has 1 heterocycles. The predicted molar refractivity (Wildman–Crippen MR) is 95.9 cm³/mol. The number of carbonyl (C=O) groups excluding carboxylic acids is 3. The molecule has 27 heavy (non-hydrogen) atoms. The molecule has 0 spiro atoms. The Balaban J connectivity index is 1.98. The predicted octanol–water partition coefficient (Wildman–Crippen LogP) is 0.574. The number of rotatable bonds is 5. The van der Waals surface area contributed by atoms with Crippen molar-refractivity contribution in [2.45, 2.75) is 44.0 Å². The molecule has 0 radical (unpaired) electrons. The molecular formula is C17H23N3O6S. The summed E-state index contributed by atoms with van der Waals surface area (Å²) in [5.41, 5.74) is 4.24. The molecule has 1 aliphatic rings. The van der Waals surface area contributed by atoms with Gasteiger partial charge < -0.3 is 4.74 Å². The maximum absolute atomic E-state index is 12.7. The molecule has 0 bridgehead atoms. The van der Waals surface area contributed by atoms with Gasteiger partial charge in [0.25, 0.3) is 5.91 Å². The number of hydrogen-bond acceptors (Lipinski definition) is 6. The summed E-state index contributed by atoms with van der Waals surface area (Å²) in [6.07, 6.45) is 2.66. The van der Waals surface area contributed by atoms with Gasteiger partial charge in [-0.05, 0) is 44.0 Å². The third-order valence-corrected chi connectivity index (χ3v) is 6.18. The number of piperidine rings is 1. The van der Waals surface area contributed by atoms with E-state index in [1.54, 1.807) is 0 Å². The van der Waals surface area contributed by atoms with Crippen LogP contribution in [0.5, 0.6) is 0 Å². The fourth-order valence-electron chi connectivity index (χ4n) is 2.74. The summed E-state index contributed by atoms with van der Waals surface area (Å²) < 4.78 is 31.8. The van der Waals surface area contributed by atoms with Gasteiger partial charge in [0.2, 0.25) is 15.9 Å². The highest BCUT2D eigenvalue weighted by atomic mass is 32.2. The first-order valence-electron chi connectivity index (χ1n) is 8.56. The van der Waals surface area contributed by atoms with Crippen molar-refractivity contribution >= 4 is 27.8 Å². The SMILES string of the molecule is CC(=O)NNC(=O)COC(=O)c1ccc(S(=O)(=O)N2CCCC[C@@H]2C)cc1. The molecule has 2 rings (SSSR count). The second-order valence-electron chi connectivity index (χ2n) is 6.29. The Morgan fingerprint density at radius 2 is 1.81 bits per heavy atom. The van der Waals surface area contributed by atoms with Crippen LogP contribution in [-0.4, -0.2) is 49.7 Å². The van der Waals surface area contributed by atoms with Crippen molar-refractivity contribution in [1.82, 2.24) is 15.2 Å². The number of nitrogens with one attached hydrogen (secondary N) is 2. The zero-order valence-corrected chi connectivity index (χ0v) is 16.0. The Morgan fingerprint density at radius 3 is 2.41 bits per heavy atom. The molecular weight excluding hydrogens is 374 g/mol. The standard InChI is InChI=1S/C17H23N3O6S/c1-12-5-3-4-10-20(12)27(24,25)15-8-6-14(7-9-15)17(23)26-11-16(22)19-18-13(2)21/h6-9,12H,3-5,10-11H2,1-2H3,(H,18,21)(H,19,22)/t12-/m0/s1. The molecule has 2 N–H and O–H groups in total. The summed E-state index contributed by atoms with van der Waals surface area (Å²) in [6.45, 7) is 3.00. The van der Waals surface area contributed by atoms with E-state index in [2.05, 4.69) is 10.9 Å². The van der Waals surface area contributed by atoms with Crippen LogP contribution in [0.4, 0.5) is 0 Å². The fourth-order valence-corrected chi connectivity index (χ4v) is 4.43. The molecule has 0 aromatic heterocycles. The normalized spacial score (nSPS) is 17.8. The molecule has 0 saturated carbocycles. The average Bonchev–Trinajstić information content (AvgIpc) is 2.64. The van der Waals surface area contributed by atoms with E-state index in [1.807, 2.05) is 6.92 Å².